The van der Waals surface area contributed by atoms with Crippen molar-refractivity contribution in [2.45, 2.75) is 91.6 Å². The molecule has 7 heteroatoms. The Bertz CT molecular complexity index is 1390. The van der Waals surface area contributed by atoms with Gasteiger partial charge in [-0.1, -0.05) is 24.3 Å². The van der Waals surface area contributed by atoms with Crippen molar-refractivity contribution in [3.8, 4) is 11.8 Å². The van der Waals surface area contributed by atoms with E-state index in [0.29, 0.717) is 30.6 Å². The Morgan fingerprint density at radius 2 is 1.67 bits per heavy atom. The summed E-state index contributed by atoms with van der Waals surface area (Å²) < 4.78 is 0. The van der Waals surface area contributed by atoms with E-state index in [0.717, 1.165) is 109 Å². The number of carbonyl (C=O) groups excluding carboxylic acids is 1. The van der Waals surface area contributed by atoms with Gasteiger partial charge in [-0.15, -0.1) is 0 Å². The number of ketones is 1. The smallest absolute Gasteiger partial charge is 0.156 e. The first-order chi connectivity index (χ1) is 21.7. The van der Waals surface area contributed by atoms with E-state index in [1.807, 2.05) is 6.08 Å². The molecule has 4 aliphatic carbocycles. The lowest BCUT2D eigenvalue weighted by atomic mass is 9.55. The van der Waals surface area contributed by atoms with Crippen LogP contribution in [-0.2, 0) is 4.79 Å². The zero-order valence-electron chi connectivity index (χ0n) is 28.5. The normalized spacial score (nSPS) is 29.8. The van der Waals surface area contributed by atoms with Crippen molar-refractivity contribution in [2.75, 3.05) is 73.6 Å². The van der Waals surface area contributed by atoms with Gasteiger partial charge in [-0.3, -0.25) is 9.69 Å². The quantitative estimate of drug-likeness (QED) is 0.370. The van der Waals surface area contributed by atoms with Crippen LogP contribution in [0.4, 0.5) is 17.3 Å². The Kier molecular flexibility index (Phi) is 9.37. The maximum Gasteiger partial charge on any atom is 0.156 e. The molecule has 1 N–H and O–H groups in total. The predicted octanol–water partition coefficient (Wildman–Crippen LogP) is 5.84. The summed E-state index contributed by atoms with van der Waals surface area (Å²) in [6, 6.07) is 4.44. The van der Waals surface area contributed by atoms with Crippen LogP contribution in [0.3, 0.4) is 0 Å². The molecular formula is C38H55N5O2. The standard InChI is InChI=1S/C38H55N5O2/c1-6-41(7-2)34-15-16-35(42(8-3)9-4)39-36(34)43-25-23-40(24-26-43)22-10-19-38(45)21-18-33-32-13-11-28-27-29(44)12-14-30(28)31(32)17-20-37(33,38)5/h15-16,27,32-33,45H,6-9,11-14,17-18,20-26H2,1-5H3/t32-,33+,37+,38+/m1/s1. The molecular weight excluding hydrogens is 558 g/mol. The van der Waals surface area contributed by atoms with E-state index in [1.165, 1.54) is 16.8 Å². The number of piperazine rings is 1. The molecule has 0 spiro atoms. The molecule has 0 radical (unpaired) electrons. The number of pyridine rings is 1. The van der Waals surface area contributed by atoms with Gasteiger partial charge in [-0.05, 0) is 114 Å². The molecule has 4 atom stereocenters. The molecule has 5 aliphatic rings. The highest BCUT2D eigenvalue weighted by Gasteiger charge is 2.60. The molecule has 1 aromatic heterocycles. The Morgan fingerprint density at radius 3 is 2.38 bits per heavy atom. The third-order valence-corrected chi connectivity index (χ3v) is 12.2. The van der Waals surface area contributed by atoms with E-state index in [2.05, 4.69) is 78.2 Å². The summed E-state index contributed by atoms with van der Waals surface area (Å²) in [5.74, 6) is 10.4. The monoisotopic (exact) mass is 613 g/mol. The number of hydrogen-bond acceptors (Lipinski definition) is 7. The average molecular weight is 614 g/mol. The minimum absolute atomic E-state index is 0.165. The van der Waals surface area contributed by atoms with Gasteiger partial charge in [-0.25, -0.2) is 4.98 Å². The van der Waals surface area contributed by atoms with E-state index in [4.69, 9.17) is 4.98 Å². The molecule has 0 amide bonds. The Morgan fingerprint density at radius 1 is 0.933 bits per heavy atom. The molecule has 1 saturated heterocycles. The topological polar surface area (TPSA) is 63.1 Å². The van der Waals surface area contributed by atoms with E-state index >= 15 is 0 Å². The summed E-state index contributed by atoms with van der Waals surface area (Å²) in [7, 11) is 0. The molecule has 244 valence electrons. The Balaban J connectivity index is 1.12. The van der Waals surface area contributed by atoms with Crippen LogP contribution < -0.4 is 14.7 Å². The van der Waals surface area contributed by atoms with Gasteiger partial charge in [0.25, 0.3) is 0 Å². The van der Waals surface area contributed by atoms with E-state index < -0.39 is 5.60 Å². The number of carbonyl (C=O) groups is 1. The molecule has 7 nitrogen and oxygen atoms in total. The van der Waals surface area contributed by atoms with Gasteiger partial charge in [0.2, 0.25) is 0 Å². The van der Waals surface area contributed by atoms with Gasteiger partial charge in [-0.2, -0.15) is 0 Å². The van der Waals surface area contributed by atoms with Crippen molar-refractivity contribution < 1.29 is 9.90 Å². The number of rotatable bonds is 8. The first kappa shape index (κ1) is 32.1. The zero-order valence-corrected chi connectivity index (χ0v) is 28.5. The lowest BCUT2D eigenvalue weighted by Gasteiger charge is -2.50. The molecule has 0 bridgehead atoms. The molecule has 1 aromatic rings. The van der Waals surface area contributed by atoms with Gasteiger partial charge < -0.3 is 19.8 Å². The van der Waals surface area contributed by atoms with Crippen LogP contribution in [0.15, 0.2) is 34.9 Å². The van der Waals surface area contributed by atoms with Gasteiger partial charge in [0.05, 0.1) is 12.2 Å². The highest BCUT2D eigenvalue weighted by molar-refractivity contribution is 5.93. The molecule has 0 unspecified atom stereocenters. The SMILES string of the molecule is CCN(CC)c1ccc(N(CC)CC)c(N2CCN(CC#C[C@]3(O)CC[C@H]4[C@@H]5CCC6=CC(=O)CCC6=C5CC[C@@]43C)CC2)n1. The lowest BCUT2D eigenvalue weighted by Crippen LogP contribution is -2.49. The number of hydrogen-bond donors (Lipinski definition) is 1. The van der Waals surface area contributed by atoms with E-state index in [9.17, 15) is 9.90 Å². The van der Waals surface area contributed by atoms with Crippen LogP contribution >= 0.6 is 0 Å². The average Bonchev–Trinajstić information content (AvgIpc) is 3.32. The van der Waals surface area contributed by atoms with E-state index in [-0.39, 0.29) is 5.41 Å². The summed E-state index contributed by atoms with van der Waals surface area (Å²) >= 11 is 0. The summed E-state index contributed by atoms with van der Waals surface area (Å²) in [4.78, 5) is 26.9. The fraction of sp³-hybridized carbons (Fsp3) is 0.684. The predicted molar refractivity (Wildman–Crippen MR) is 185 cm³/mol. The van der Waals surface area contributed by atoms with Crippen molar-refractivity contribution in [1.29, 1.82) is 0 Å². The van der Waals surface area contributed by atoms with Crippen LogP contribution in [0.2, 0.25) is 0 Å². The van der Waals surface area contributed by atoms with Crippen LogP contribution in [-0.4, -0.2) is 85.3 Å². The van der Waals surface area contributed by atoms with E-state index in [1.54, 1.807) is 5.57 Å². The van der Waals surface area contributed by atoms with Crippen molar-refractivity contribution in [3.05, 3.63) is 34.9 Å². The molecule has 0 aromatic carbocycles. The van der Waals surface area contributed by atoms with Crippen molar-refractivity contribution >= 4 is 23.1 Å². The van der Waals surface area contributed by atoms with Gasteiger partial charge in [0, 0.05) is 64.2 Å². The maximum atomic E-state index is 12.1. The number of nitrogens with zero attached hydrogens (tertiary/aromatic N) is 5. The molecule has 45 heavy (non-hydrogen) atoms. The van der Waals surface area contributed by atoms with Gasteiger partial charge in [0.15, 0.2) is 11.6 Å². The second-order valence-corrected chi connectivity index (χ2v) is 14.1. The summed E-state index contributed by atoms with van der Waals surface area (Å²) in [5.41, 5.74) is 4.56. The summed E-state index contributed by atoms with van der Waals surface area (Å²) in [6.07, 6.45) is 9.51. The minimum atomic E-state index is -0.915. The molecule has 3 fully saturated rings. The van der Waals surface area contributed by atoms with Crippen LogP contribution in [0.25, 0.3) is 0 Å². The molecule has 2 heterocycles. The second-order valence-electron chi connectivity index (χ2n) is 14.1. The minimum Gasteiger partial charge on any atom is -0.377 e. The van der Waals surface area contributed by atoms with Gasteiger partial charge in [0.1, 0.15) is 11.4 Å². The van der Waals surface area contributed by atoms with Crippen LogP contribution in [0, 0.1) is 29.1 Å². The Labute approximate surface area is 271 Å². The van der Waals surface area contributed by atoms with Crippen LogP contribution in [0.1, 0.15) is 86.0 Å². The van der Waals surface area contributed by atoms with Gasteiger partial charge >= 0.3 is 0 Å². The first-order valence-electron chi connectivity index (χ1n) is 17.9. The first-order valence-corrected chi connectivity index (χ1v) is 17.9. The fourth-order valence-electron chi connectivity index (χ4n) is 9.37. The van der Waals surface area contributed by atoms with Crippen molar-refractivity contribution in [1.82, 2.24) is 9.88 Å². The van der Waals surface area contributed by atoms with Crippen LogP contribution in [0.5, 0.6) is 0 Å². The highest BCUT2D eigenvalue weighted by Crippen LogP contribution is 2.63. The summed E-state index contributed by atoms with van der Waals surface area (Å²) in [6.45, 7) is 19.4. The highest BCUT2D eigenvalue weighted by atomic mass is 16.3. The zero-order chi connectivity index (χ0) is 31.8. The fourth-order valence-corrected chi connectivity index (χ4v) is 9.37. The molecule has 6 rings (SSSR count). The summed E-state index contributed by atoms with van der Waals surface area (Å²) in [5, 5.41) is 12.1. The molecule has 2 saturated carbocycles. The largest absolute Gasteiger partial charge is 0.377 e. The lowest BCUT2D eigenvalue weighted by molar-refractivity contribution is -0.114. The number of allylic oxidation sites excluding steroid dienone is 4. The number of fused-ring (bicyclic) bond motifs is 4. The van der Waals surface area contributed by atoms with Crippen molar-refractivity contribution in [3.63, 3.8) is 0 Å². The molecule has 1 aliphatic heterocycles. The third kappa shape index (κ3) is 5.82. The third-order valence-electron chi connectivity index (χ3n) is 12.2. The number of aromatic nitrogens is 1. The van der Waals surface area contributed by atoms with Crippen molar-refractivity contribution in [2.24, 2.45) is 17.3 Å². The number of aliphatic hydroxyl groups is 1. The number of anilines is 3. The Hall–Kier alpha value is -2.82. The second kappa shape index (κ2) is 13.1. The maximum absolute atomic E-state index is 12.1.